The van der Waals surface area contributed by atoms with Gasteiger partial charge in [-0.1, -0.05) is 0 Å². The second kappa shape index (κ2) is 9.58. The Balaban J connectivity index is 1.81. The number of piperidine rings is 1. The van der Waals surface area contributed by atoms with Crippen molar-refractivity contribution in [1.29, 1.82) is 5.26 Å². The van der Waals surface area contributed by atoms with Crippen molar-refractivity contribution < 1.29 is 13.9 Å². The number of nitrogens with zero attached hydrogens (tertiary/aromatic N) is 4. The van der Waals surface area contributed by atoms with Gasteiger partial charge in [-0.2, -0.15) is 5.26 Å². The van der Waals surface area contributed by atoms with Crippen LogP contribution in [0.1, 0.15) is 18.4 Å². The zero-order chi connectivity index (χ0) is 22.4. The van der Waals surface area contributed by atoms with Crippen LogP contribution < -0.4 is 21.9 Å². The van der Waals surface area contributed by atoms with Gasteiger partial charge in [0.1, 0.15) is 23.0 Å². The number of hydrogen-bond donors (Lipinski definition) is 3. The summed E-state index contributed by atoms with van der Waals surface area (Å²) < 4.78 is 18.5. The molecule has 2 heterocycles. The molecule has 1 saturated heterocycles. The van der Waals surface area contributed by atoms with Gasteiger partial charge in [0.2, 0.25) is 5.88 Å². The average molecular weight is 423 g/mol. The number of carbonyl (C=O) groups excluding carboxylic acids is 1. The van der Waals surface area contributed by atoms with Crippen molar-refractivity contribution >= 4 is 17.4 Å². The smallest absolute Gasteiger partial charge is 0.254 e. The largest absolute Gasteiger partial charge is 0.439 e. The van der Waals surface area contributed by atoms with Gasteiger partial charge in [-0.15, -0.1) is 0 Å². The summed E-state index contributed by atoms with van der Waals surface area (Å²) in [6.45, 7) is 1.09. The average Bonchev–Trinajstić information content (AvgIpc) is 2.75. The Morgan fingerprint density at radius 1 is 1.23 bits per heavy atom. The van der Waals surface area contributed by atoms with Gasteiger partial charge in [-0.25, -0.2) is 9.37 Å². The van der Waals surface area contributed by atoms with Crippen LogP contribution in [0.5, 0.6) is 11.6 Å². The normalized spacial score (nSPS) is 17.5. The molecule has 9 nitrogen and oxygen atoms in total. The van der Waals surface area contributed by atoms with Gasteiger partial charge in [-0.05, 0) is 48.7 Å². The minimum atomic E-state index is -0.803. The maximum Gasteiger partial charge on any atom is 0.254 e. The lowest BCUT2D eigenvalue weighted by molar-refractivity contribution is -0.114. The molecule has 6 N–H and O–H groups in total. The number of hydrogen-bond acceptors (Lipinski definition) is 7. The topological polar surface area (TPSA) is 157 Å². The van der Waals surface area contributed by atoms with Crippen molar-refractivity contribution in [1.82, 2.24) is 9.88 Å². The van der Waals surface area contributed by atoms with Crippen LogP contribution in [-0.4, -0.2) is 40.8 Å². The number of primary amides is 1. The highest BCUT2D eigenvalue weighted by molar-refractivity contribution is 6.24. The molecule has 1 aromatic carbocycles. The number of pyridine rings is 1. The lowest BCUT2D eigenvalue weighted by Gasteiger charge is -2.26. The first-order valence-electron chi connectivity index (χ1n) is 9.55. The predicted octanol–water partition coefficient (Wildman–Crippen LogP) is 1.47. The third-order valence-corrected chi connectivity index (χ3v) is 4.72. The minimum absolute atomic E-state index is 0.0642. The van der Waals surface area contributed by atoms with E-state index in [1.165, 1.54) is 12.1 Å². The van der Waals surface area contributed by atoms with E-state index < -0.39 is 11.7 Å². The van der Waals surface area contributed by atoms with Crippen molar-refractivity contribution in [2.24, 2.45) is 22.2 Å². The highest BCUT2D eigenvalue weighted by Crippen LogP contribution is 2.23. The summed E-state index contributed by atoms with van der Waals surface area (Å²) in [6, 6.07) is 8.90. The molecule has 0 aliphatic carbocycles. The minimum Gasteiger partial charge on any atom is -0.439 e. The van der Waals surface area contributed by atoms with Crippen LogP contribution in [0, 0.1) is 17.3 Å². The fourth-order valence-electron chi connectivity index (χ4n) is 3.20. The Bertz CT molecular complexity index is 1040. The predicted molar refractivity (Wildman–Crippen MR) is 113 cm³/mol. The number of carbonyl (C=O) groups is 1. The molecule has 10 heteroatoms. The molecule has 1 amide bonds. The van der Waals surface area contributed by atoms with Gasteiger partial charge in [0.05, 0.1) is 24.5 Å². The maximum absolute atomic E-state index is 12.9. The van der Waals surface area contributed by atoms with Crippen LogP contribution >= 0.6 is 0 Å². The SMILES string of the molecule is N#CN1CCCC(N=C(N)C(C(N)=O)=C(N)c2ccc(Oc3ccc(F)cn3)cc2)C1. The molecule has 31 heavy (non-hydrogen) atoms. The van der Waals surface area contributed by atoms with Crippen LogP contribution in [-0.2, 0) is 4.79 Å². The molecule has 160 valence electrons. The molecule has 1 unspecified atom stereocenters. The van der Waals surface area contributed by atoms with Gasteiger partial charge >= 0.3 is 0 Å². The molecule has 1 fully saturated rings. The Labute approximate surface area is 178 Å². The number of nitrogens with two attached hydrogens (primary N) is 3. The van der Waals surface area contributed by atoms with E-state index >= 15 is 0 Å². The number of aliphatic imine (C=N–C) groups is 1. The van der Waals surface area contributed by atoms with Crippen molar-refractivity contribution in [2.45, 2.75) is 18.9 Å². The fourth-order valence-corrected chi connectivity index (χ4v) is 3.20. The van der Waals surface area contributed by atoms with Crippen molar-refractivity contribution in [3.63, 3.8) is 0 Å². The highest BCUT2D eigenvalue weighted by atomic mass is 19.1. The summed E-state index contributed by atoms with van der Waals surface area (Å²) in [5.74, 6) is -0.664. The van der Waals surface area contributed by atoms with E-state index in [0.29, 0.717) is 24.4 Å². The summed E-state index contributed by atoms with van der Waals surface area (Å²) in [6.07, 6.45) is 4.68. The molecule has 0 bridgehead atoms. The van der Waals surface area contributed by atoms with Gasteiger partial charge in [0.15, 0.2) is 6.19 Å². The van der Waals surface area contributed by atoms with E-state index in [4.69, 9.17) is 27.2 Å². The lowest BCUT2D eigenvalue weighted by atomic mass is 10.0. The van der Waals surface area contributed by atoms with E-state index in [2.05, 4.69) is 16.2 Å². The number of aromatic nitrogens is 1. The quantitative estimate of drug-likeness (QED) is 0.275. The Morgan fingerprint density at radius 2 is 1.97 bits per heavy atom. The third kappa shape index (κ3) is 5.48. The molecule has 1 aromatic heterocycles. The molecule has 0 spiro atoms. The summed E-state index contributed by atoms with van der Waals surface area (Å²) in [7, 11) is 0. The Morgan fingerprint density at radius 3 is 2.58 bits per heavy atom. The van der Waals surface area contributed by atoms with E-state index in [-0.39, 0.29) is 29.0 Å². The number of rotatable bonds is 6. The number of nitriles is 1. The van der Waals surface area contributed by atoms with Gasteiger partial charge < -0.3 is 26.8 Å². The first-order chi connectivity index (χ1) is 14.9. The van der Waals surface area contributed by atoms with E-state index in [1.54, 1.807) is 29.2 Å². The van der Waals surface area contributed by atoms with Crippen LogP contribution in [0.4, 0.5) is 4.39 Å². The number of amidine groups is 1. The standard InChI is InChI=1S/C21H22FN7O2/c22-14-5-8-17(27-10-14)31-16-6-3-13(4-7-16)19(24)18(21(26)30)20(25)28-15-2-1-9-29(11-15)12-23/h3-8,10,15H,1-2,9,11,24H2,(H2,25,28)(H2,26,30). The lowest BCUT2D eigenvalue weighted by Crippen LogP contribution is -2.37. The van der Waals surface area contributed by atoms with Crippen molar-refractivity contribution in [3.05, 3.63) is 59.5 Å². The number of ether oxygens (including phenoxy) is 1. The van der Waals surface area contributed by atoms with Crippen molar-refractivity contribution in [2.75, 3.05) is 13.1 Å². The molecule has 0 radical (unpaired) electrons. The van der Waals surface area contributed by atoms with Crippen LogP contribution in [0.25, 0.3) is 5.70 Å². The number of benzene rings is 1. The zero-order valence-electron chi connectivity index (χ0n) is 16.7. The maximum atomic E-state index is 12.9. The number of likely N-dealkylation sites (tertiary alicyclic amines) is 1. The Hall–Kier alpha value is -4.13. The summed E-state index contributed by atoms with van der Waals surface area (Å²) in [4.78, 5) is 21.9. The molecule has 3 rings (SSSR count). The van der Waals surface area contributed by atoms with Crippen LogP contribution in [0.2, 0.25) is 0 Å². The molecule has 1 aliphatic rings. The molecular formula is C21H22FN7O2. The Kier molecular flexibility index (Phi) is 6.67. The second-order valence-electron chi connectivity index (χ2n) is 6.95. The van der Waals surface area contributed by atoms with Gasteiger partial charge in [0.25, 0.3) is 5.91 Å². The van der Waals surface area contributed by atoms with Gasteiger partial charge in [0, 0.05) is 12.6 Å². The van der Waals surface area contributed by atoms with Crippen LogP contribution in [0.15, 0.2) is 53.2 Å². The second-order valence-corrected chi connectivity index (χ2v) is 6.95. The molecule has 0 saturated carbocycles. The fraction of sp³-hybridized carbons (Fsp3) is 0.238. The van der Waals surface area contributed by atoms with Gasteiger partial charge in [-0.3, -0.25) is 9.79 Å². The molecular weight excluding hydrogens is 401 g/mol. The summed E-state index contributed by atoms with van der Waals surface area (Å²) in [5, 5.41) is 9.07. The van der Waals surface area contributed by atoms with E-state index in [1.807, 2.05) is 0 Å². The molecule has 1 aliphatic heterocycles. The van der Waals surface area contributed by atoms with E-state index in [9.17, 15) is 9.18 Å². The third-order valence-electron chi connectivity index (χ3n) is 4.72. The number of halogens is 1. The first-order valence-corrected chi connectivity index (χ1v) is 9.55. The van der Waals surface area contributed by atoms with Crippen molar-refractivity contribution in [3.8, 4) is 17.8 Å². The summed E-state index contributed by atoms with van der Waals surface area (Å²) >= 11 is 0. The molecule has 1 atom stereocenters. The zero-order valence-corrected chi connectivity index (χ0v) is 16.7. The first kappa shape index (κ1) is 21.6. The van der Waals surface area contributed by atoms with E-state index in [0.717, 1.165) is 19.0 Å². The summed E-state index contributed by atoms with van der Waals surface area (Å²) in [5.41, 5.74) is 18.3. The van der Waals surface area contributed by atoms with Crippen LogP contribution in [0.3, 0.4) is 0 Å². The number of amides is 1. The monoisotopic (exact) mass is 423 g/mol. The highest BCUT2D eigenvalue weighted by Gasteiger charge is 2.22. The molecule has 2 aromatic rings.